The van der Waals surface area contributed by atoms with Crippen LogP contribution in [-0.4, -0.2) is 45.0 Å². The number of piperidine rings is 1. The fraction of sp³-hybridized carbons (Fsp3) is 0.269. The Morgan fingerprint density at radius 1 is 1.15 bits per heavy atom. The summed E-state index contributed by atoms with van der Waals surface area (Å²) < 4.78 is 2.62. The number of rotatable bonds is 6. The Bertz CT molecular complexity index is 1310. The molecule has 6 nitrogen and oxygen atoms in total. The fourth-order valence-electron chi connectivity index (χ4n) is 4.46. The normalized spacial score (nSPS) is 16.1. The predicted octanol–water partition coefficient (Wildman–Crippen LogP) is 5.71. The lowest BCUT2D eigenvalue weighted by molar-refractivity contribution is -0.132. The third kappa shape index (κ3) is 4.95. The average molecular weight is 539 g/mol. The first-order chi connectivity index (χ1) is 16.6. The largest absolute Gasteiger partial charge is 0.370 e. The van der Waals surface area contributed by atoms with Gasteiger partial charge in [0.1, 0.15) is 5.82 Å². The molecule has 0 saturated carbocycles. The van der Waals surface area contributed by atoms with E-state index in [0.29, 0.717) is 17.4 Å². The number of hydrogen-bond acceptors (Lipinski definition) is 4. The van der Waals surface area contributed by atoms with E-state index in [0.717, 1.165) is 65.2 Å². The highest BCUT2D eigenvalue weighted by Crippen LogP contribution is 2.30. The van der Waals surface area contributed by atoms with Gasteiger partial charge in [-0.2, -0.15) is 9.61 Å². The maximum Gasteiger partial charge on any atom is 0.226 e. The van der Waals surface area contributed by atoms with Gasteiger partial charge in [0.05, 0.1) is 22.8 Å². The van der Waals surface area contributed by atoms with Crippen molar-refractivity contribution in [2.75, 3.05) is 25.0 Å². The van der Waals surface area contributed by atoms with Crippen LogP contribution in [0.5, 0.6) is 0 Å². The number of likely N-dealkylation sites (tertiary alicyclic amines) is 1. The first-order valence-corrected chi connectivity index (χ1v) is 12.6. The highest BCUT2D eigenvalue weighted by atomic mass is 79.9. The van der Waals surface area contributed by atoms with Crippen LogP contribution in [-0.2, 0) is 11.2 Å². The molecule has 1 saturated heterocycles. The lowest BCUT2D eigenvalue weighted by Gasteiger charge is -2.33. The number of halogens is 2. The minimum absolute atomic E-state index is 0.194. The zero-order chi connectivity index (χ0) is 23.5. The monoisotopic (exact) mass is 537 g/mol. The third-order valence-electron chi connectivity index (χ3n) is 6.22. The van der Waals surface area contributed by atoms with Crippen molar-refractivity contribution >= 4 is 44.9 Å². The van der Waals surface area contributed by atoms with Crippen LogP contribution in [0.2, 0.25) is 5.02 Å². The number of nitrogens with zero attached hydrogens (tertiary/aromatic N) is 4. The summed E-state index contributed by atoms with van der Waals surface area (Å²) in [4.78, 5) is 19.6. The van der Waals surface area contributed by atoms with Gasteiger partial charge in [-0.15, -0.1) is 0 Å². The van der Waals surface area contributed by atoms with Gasteiger partial charge in [-0.1, -0.05) is 60.1 Å². The summed E-state index contributed by atoms with van der Waals surface area (Å²) in [5.74, 6) is 1.40. The van der Waals surface area contributed by atoms with Crippen molar-refractivity contribution in [2.24, 2.45) is 5.92 Å². The van der Waals surface area contributed by atoms with Gasteiger partial charge < -0.3 is 10.2 Å². The molecule has 0 spiro atoms. The second kappa shape index (κ2) is 10.2. The Hall–Kier alpha value is -2.90. The molecule has 0 aliphatic carbocycles. The molecular formula is C26H25BrClN5O. The first-order valence-electron chi connectivity index (χ1n) is 11.4. The third-order valence-corrected chi connectivity index (χ3v) is 7.11. The van der Waals surface area contributed by atoms with E-state index in [4.69, 9.17) is 16.6 Å². The molecule has 1 fully saturated rings. The molecule has 1 aliphatic heterocycles. The van der Waals surface area contributed by atoms with Gasteiger partial charge in [0, 0.05) is 36.3 Å². The quantitative estimate of drug-likeness (QED) is 0.342. The van der Waals surface area contributed by atoms with Crippen LogP contribution in [0.1, 0.15) is 18.4 Å². The van der Waals surface area contributed by atoms with E-state index in [9.17, 15) is 4.79 Å². The number of nitrogens with one attached hydrogen (secondary N) is 1. The van der Waals surface area contributed by atoms with Gasteiger partial charge >= 0.3 is 0 Å². The molecule has 1 N–H and O–H groups in total. The van der Waals surface area contributed by atoms with Gasteiger partial charge in [-0.25, -0.2) is 4.98 Å². The topological polar surface area (TPSA) is 62.5 Å². The van der Waals surface area contributed by atoms with E-state index in [1.54, 1.807) is 10.7 Å². The number of aromatic nitrogens is 3. The van der Waals surface area contributed by atoms with Crippen molar-refractivity contribution in [3.8, 4) is 11.3 Å². The van der Waals surface area contributed by atoms with Crippen LogP contribution in [0, 0.1) is 5.92 Å². The summed E-state index contributed by atoms with van der Waals surface area (Å²) in [6, 6.07) is 19.6. The van der Waals surface area contributed by atoms with E-state index >= 15 is 0 Å². The predicted molar refractivity (Wildman–Crippen MR) is 139 cm³/mol. The number of benzene rings is 2. The Balaban J connectivity index is 1.31. The molecular weight excluding hydrogens is 514 g/mol. The van der Waals surface area contributed by atoms with Crippen LogP contribution in [0.15, 0.2) is 71.3 Å². The first kappa shape index (κ1) is 22.9. The molecule has 2 aromatic heterocycles. The van der Waals surface area contributed by atoms with Crippen molar-refractivity contribution < 1.29 is 4.79 Å². The molecule has 34 heavy (non-hydrogen) atoms. The summed E-state index contributed by atoms with van der Waals surface area (Å²) in [6.45, 7) is 2.32. The molecule has 3 heterocycles. The van der Waals surface area contributed by atoms with Crippen molar-refractivity contribution in [2.45, 2.75) is 19.3 Å². The standard InChI is InChI=1S/C26H25BrClN5O/c27-21-16-30-33-24(14-23(31-26(21)33)20-10-4-5-11-22(20)28)29-15-19-9-6-12-32(17-19)25(34)13-18-7-2-1-3-8-18/h1-5,7-8,10-11,14,16,19,29H,6,9,12-13,15,17H2. The fourth-order valence-corrected chi connectivity index (χ4v) is 5.04. The Morgan fingerprint density at radius 3 is 2.76 bits per heavy atom. The molecule has 5 rings (SSSR count). The number of fused-ring (bicyclic) bond motifs is 1. The van der Waals surface area contributed by atoms with Crippen molar-refractivity contribution in [3.05, 3.63) is 81.9 Å². The van der Waals surface area contributed by atoms with Crippen molar-refractivity contribution in [1.29, 1.82) is 0 Å². The molecule has 1 amide bonds. The molecule has 1 atom stereocenters. The highest BCUT2D eigenvalue weighted by molar-refractivity contribution is 9.10. The van der Waals surface area contributed by atoms with E-state index in [1.165, 1.54) is 0 Å². The molecule has 4 aromatic rings. The number of hydrogen-bond donors (Lipinski definition) is 1. The molecule has 1 unspecified atom stereocenters. The van der Waals surface area contributed by atoms with E-state index in [-0.39, 0.29) is 5.91 Å². The zero-order valence-corrected chi connectivity index (χ0v) is 21.0. The van der Waals surface area contributed by atoms with Gasteiger partial charge in [0.25, 0.3) is 0 Å². The maximum atomic E-state index is 12.9. The van der Waals surface area contributed by atoms with E-state index < -0.39 is 0 Å². The average Bonchev–Trinajstić information content (AvgIpc) is 3.24. The summed E-state index contributed by atoms with van der Waals surface area (Å²) in [6.07, 6.45) is 4.29. The number of carbonyl (C=O) groups excluding carboxylic acids is 1. The van der Waals surface area contributed by atoms with Crippen molar-refractivity contribution in [3.63, 3.8) is 0 Å². The number of amides is 1. The lowest BCUT2D eigenvalue weighted by Crippen LogP contribution is -2.42. The van der Waals surface area contributed by atoms with Crippen LogP contribution in [0.25, 0.3) is 16.9 Å². The smallest absolute Gasteiger partial charge is 0.226 e. The molecule has 2 aromatic carbocycles. The minimum atomic E-state index is 0.194. The van der Waals surface area contributed by atoms with Gasteiger partial charge in [0.15, 0.2) is 5.65 Å². The maximum absolute atomic E-state index is 12.9. The second-order valence-electron chi connectivity index (χ2n) is 8.63. The summed E-state index contributed by atoms with van der Waals surface area (Å²) in [5.41, 5.74) is 3.44. The van der Waals surface area contributed by atoms with Gasteiger partial charge in [0.2, 0.25) is 5.91 Å². The summed E-state index contributed by atoms with van der Waals surface area (Å²) in [5, 5.41) is 8.70. The van der Waals surface area contributed by atoms with Crippen LogP contribution in [0.3, 0.4) is 0 Å². The minimum Gasteiger partial charge on any atom is -0.370 e. The number of carbonyl (C=O) groups is 1. The zero-order valence-electron chi connectivity index (χ0n) is 18.6. The van der Waals surface area contributed by atoms with Crippen LogP contribution in [0.4, 0.5) is 5.82 Å². The molecule has 0 radical (unpaired) electrons. The van der Waals surface area contributed by atoms with E-state index in [1.807, 2.05) is 65.6 Å². The summed E-state index contributed by atoms with van der Waals surface area (Å²) >= 11 is 10.0. The van der Waals surface area contributed by atoms with E-state index in [2.05, 4.69) is 26.3 Å². The molecule has 0 bridgehead atoms. The Morgan fingerprint density at radius 2 is 1.94 bits per heavy atom. The van der Waals surface area contributed by atoms with Crippen molar-refractivity contribution in [1.82, 2.24) is 19.5 Å². The van der Waals surface area contributed by atoms with Gasteiger partial charge in [-0.05, 0) is 46.3 Å². The molecule has 174 valence electrons. The number of anilines is 1. The highest BCUT2D eigenvalue weighted by Gasteiger charge is 2.24. The SMILES string of the molecule is O=C(Cc1ccccc1)N1CCCC(CNc2cc(-c3ccccc3Cl)nc3c(Br)cnn23)C1. The summed E-state index contributed by atoms with van der Waals surface area (Å²) in [7, 11) is 0. The molecule has 1 aliphatic rings. The van der Waals surface area contributed by atoms with Crippen LogP contribution >= 0.6 is 27.5 Å². The molecule has 8 heteroatoms. The second-order valence-corrected chi connectivity index (χ2v) is 9.89. The Labute approximate surface area is 212 Å². The lowest BCUT2D eigenvalue weighted by atomic mass is 9.97. The van der Waals surface area contributed by atoms with Gasteiger partial charge in [-0.3, -0.25) is 4.79 Å². The van der Waals surface area contributed by atoms with Crippen LogP contribution < -0.4 is 5.32 Å². The Kier molecular flexibility index (Phi) is 6.83.